The zero-order chi connectivity index (χ0) is 21.2. The second-order valence-electron chi connectivity index (χ2n) is 8.80. The highest BCUT2D eigenvalue weighted by Crippen LogP contribution is 2.34. The molecule has 0 saturated carbocycles. The van der Waals surface area contributed by atoms with E-state index in [0.29, 0.717) is 0 Å². The zero-order valence-corrected chi connectivity index (χ0v) is 18.1. The van der Waals surface area contributed by atoms with E-state index in [0.717, 1.165) is 28.3 Å². The van der Waals surface area contributed by atoms with Gasteiger partial charge < -0.3 is 0 Å². The lowest BCUT2D eigenvalue weighted by Crippen LogP contribution is -2.26. The van der Waals surface area contributed by atoms with Crippen molar-refractivity contribution in [1.82, 2.24) is 9.97 Å². The smallest absolute Gasteiger partial charge is 0.0705 e. The molecule has 0 unspecified atom stereocenters. The van der Waals surface area contributed by atoms with E-state index in [-0.39, 0.29) is 10.8 Å². The van der Waals surface area contributed by atoms with Gasteiger partial charge in [0, 0.05) is 16.4 Å². The van der Waals surface area contributed by atoms with Crippen LogP contribution in [0.3, 0.4) is 0 Å². The second-order valence-corrected chi connectivity index (χ2v) is 8.80. The average molecular weight is 393 g/mol. The molecule has 2 aromatic carbocycles. The molecular weight excluding hydrogens is 364 g/mol. The molecular formula is C28H28N2. The van der Waals surface area contributed by atoms with Crippen LogP contribution in [0.15, 0.2) is 97.1 Å². The Morgan fingerprint density at radius 3 is 1.60 bits per heavy atom. The molecule has 0 aliphatic rings. The van der Waals surface area contributed by atoms with E-state index in [4.69, 9.17) is 9.97 Å². The first kappa shape index (κ1) is 20.0. The van der Waals surface area contributed by atoms with Crippen LogP contribution >= 0.6 is 0 Å². The van der Waals surface area contributed by atoms with E-state index in [1.807, 2.05) is 18.2 Å². The van der Waals surface area contributed by atoms with Gasteiger partial charge in [-0.1, -0.05) is 86.6 Å². The van der Waals surface area contributed by atoms with Gasteiger partial charge in [-0.05, 0) is 43.7 Å². The van der Waals surface area contributed by atoms with Gasteiger partial charge in [-0.15, -0.1) is 0 Å². The van der Waals surface area contributed by atoms with Crippen LogP contribution in [-0.4, -0.2) is 9.97 Å². The van der Waals surface area contributed by atoms with Crippen LogP contribution in [0, 0.1) is 0 Å². The van der Waals surface area contributed by atoms with Crippen molar-refractivity contribution in [2.45, 2.75) is 38.5 Å². The topological polar surface area (TPSA) is 25.8 Å². The van der Waals surface area contributed by atoms with E-state index in [1.54, 1.807) is 0 Å². The minimum atomic E-state index is -0.312. The number of nitrogens with zero attached hydrogens (tertiary/aromatic N) is 2. The van der Waals surface area contributed by atoms with Crippen LogP contribution < -0.4 is 0 Å². The van der Waals surface area contributed by atoms with Gasteiger partial charge in [-0.3, -0.25) is 9.97 Å². The Morgan fingerprint density at radius 1 is 0.467 bits per heavy atom. The third kappa shape index (κ3) is 3.78. The number of hydrogen-bond donors (Lipinski definition) is 0. The van der Waals surface area contributed by atoms with E-state index < -0.39 is 0 Å². The summed E-state index contributed by atoms with van der Waals surface area (Å²) in [7, 11) is 0. The van der Waals surface area contributed by atoms with E-state index in [2.05, 4.69) is 107 Å². The van der Waals surface area contributed by atoms with Gasteiger partial charge in [-0.2, -0.15) is 0 Å². The zero-order valence-electron chi connectivity index (χ0n) is 18.1. The standard InChI is InChI=1S/C28H28N2/c1-27(2,22-15-9-6-10-16-22)24-19-12-20-26(30-24)28(3,4)25-18-11-17-23(29-25)21-13-7-5-8-14-21/h5-20H,1-4H3. The summed E-state index contributed by atoms with van der Waals surface area (Å²) >= 11 is 0. The van der Waals surface area contributed by atoms with E-state index in [9.17, 15) is 0 Å². The highest BCUT2D eigenvalue weighted by Gasteiger charge is 2.30. The van der Waals surface area contributed by atoms with Gasteiger partial charge in [-0.25, -0.2) is 0 Å². The fraction of sp³-hybridized carbons (Fsp3) is 0.214. The fourth-order valence-corrected chi connectivity index (χ4v) is 3.82. The predicted octanol–water partition coefficient (Wildman–Crippen LogP) is 6.80. The Morgan fingerprint density at radius 2 is 0.967 bits per heavy atom. The maximum Gasteiger partial charge on any atom is 0.0705 e. The lowest BCUT2D eigenvalue weighted by Gasteiger charge is -2.29. The Balaban J connectivity index is 1.73. The molecule has 0 bridgehead atoms. The molecule has 4 aromatic rings. The third-order valence-corrected chi connectivity index (χ3v) is 5.98. The van der Waals surface area contributed by atoms with Crippen molar-refractivity contribution < 1.29 is 0 Å². The minimum absolute atomic E-state index is 0.174. The highest BCUT2D eigenvalue weighted by atomic mass is 14.8. The Labute approximate surface area is 179 Å². The second kappa shape index (κ2) is 7.87. The summed E-state index contributed by atoms with van der Waals surface area (Å²) < 4.78 is 0. The van der Waals surface area contributed by atoms with Crippen LogP contribution in [0.4, 0.5) is 0 Å². The van der Waals surface area contributed by atoms with Crippen LogP contribution in [0.5, 0.6) is 0 Å². The number of aromatic nitrogens is 2. The van der Waals surface area contributed by atoms with Crippen LogP contribution in [0.1, 0.15) is 50.3 Å². The molecule has 0 atom stereocenters. The first-order valence-electron chi connectivity index (χ1n) is 10.5. The number of rotatable bonds is 5. The van der Waals surface area contributed by atoms with Crippen LogP contribution in [0.2, 0.25) is 0 Å². The molecule has 150 valence electrons. The molecule has 4 rings (SSSR count). The summed E-state index contributed by atoms with van der Waals surface area (Å²) in [6.45, 7) is 8.86. The first-order chi connectivity index (χ1) is 14.4. The molecule has 0 saturated heterocycles. The first-order valence-corrected chi connectivity index (χ1v) is 10.5. The van der Waals surface area contributed by atoms with Crippen molar-refractivity contribution in [2.75, 3.05) is 0 Å². The lowest BCUT2D eigenvalue weighted by atomic mass is 9.79. The molecule has 2 nitrogen and oxygen atoms in total. The van der Waals surface area contributed by atoms with Gasteiger partial charge in [0.1, 0.15) is 0 Å². The van der Waals surface area contributed by atoms with Crippen molar-refractivity contribution >= 4 is 0 Å². The minimum Gasteiger partial charge on any atom is -0.256 e. The quantitative estimate of drug-likeness (QED) is 0.373. The van der Waals surface area contributed by atoms with Crippen molar-refractivity contribution in [1.29, 1.82) is 0 Å². The molecule has 0 N–H and O–H groups in total. The molecule has 2 heteroatoms. The molecule has 2 heterocycles. The fourth-order valence-electron chi connectivity index (χ4n) is 3.82. The van der Waals surface area contributed by atoms with Crippen molar-refractivity contribution in [3.63, 3.8) is 0 Å². The third-order valence-electron chi connectivity index (χ3n) is 5.98. The molecule has 0 aliphatic carbocycles. The van der Waals surface area contributed by atoms with Gasteiger partial charge in [0.25, 0.3) is 0 Å². The SMILES string of the molecule is CC(C)(c1ccccc1)c1cccc(C(C)(C)c2cccc(-c3ccccc3)n2)n1. The molecule has 30 heavy (non-hydrogen) atoms. The van der Waals surface area contributed by atoms with Gasteiger partial charge >= 0.3 is 0 Å². The summed E-state index contributed by atoms with van der Waals surface area (Å²) in [6.07, 6.45) is 0. The Hall–Kier alpha value is -3.26. The molecule has 0 radical (unpaired) electrons. The maximum absolute atomic E-state index is 5.13. The molecule has 0 fully saturated rings. The van der Waals surface area contributed by atoms with Gasteiger partial charge in [0.2, 0.25) is 0 Å². The summed E-state index contributed by atoms with van der Waals surface area (Å²) in [4.78, 5) is 10.1. The van der Waals surface area contributed by atoms with E-state index >= 15 is 0 Å². The van der Waals surface area contributed by atoms with Crippen molar-refractivity contribution in [3.8, 4) is 11.3 Å². The number of pyridine rings is 2. The van der Waals surface area contributed by atoms with E-state index in [1.165, 1.54) is 5.56 Å². The maximum atomic E-state index is 5.13. The molecule has 0 amide bonds. The summed E-state index contributed by atoms with van der Waals surface area (Å²) in [5.74, 6) is 0. The van der Waals surface area contributed by atoms with Crippen molar-refractivity contribution in [2.24, 2.45) is 0 Å². The average Bonchev–Trinajstić information content (AvgIpc) is 2.80. The predicted molar refractivity (Wildman–Crippen MR) is 125 cm³/mol. The molecule has 0 spiro atoms. The van der Waals surface area contributed by atoms with Gasteiger partial charge in [0.15, 0.2) is 0 Å². The summed E-state index contributed by atoms with van der Waals surface area (Å²) in [6, 6.07) is 33.5. The molecule has 0 aliphatic heterocycles. The number of hydrogen-bond acceptors (Lipinski definition) is 2. The molecule has 2 aromatic heterocycles. The van der Waals surface area contributed by atoms with Crippen LogP contribution in [0.25, 0.3) is 11.3 Å². The largest absolute Gasteiger partial charge is 0.256 e. The summed E-state index contributed by atoms with van der Waals surface area (Å²) in [5, 5.41) is 0. The highest BCUT2D eigenvalue weighted by molar-refractivity contribution is 5.59. The lowest BCUT2D eigenvalue weighted by molar-refractivity contribution is 0.565. The Kier molecular flexibility index (Phi) is 5.26. The monoisotopic (exact) mass is 392 g/mol. The van der Waals surface area contributed by atoms with Crippen molar-refractivity contribution in [3.05, 3.63) is 120 Å². The number of benzene rings is 2. The van der Waals surface area contributed by atoms with Crippen LogP contribution in [-0.2, 0) is 10.8 Å². The summed E-state index contributed by atoms with van der Waals surface area (Å²) in [5.41, 5.74) is 6.01. The normalized spacial score (nSPS) is 12.0. The van der Waals surface area contributed by atoms with Gasteiger partial charge in [0.05, 0.1) is 22.8 Å². The Bertz CT molecular complexity index is 1130.